The van der Waals surface area contributed by atoms with Gasteiger partial charge in [0.25, 0.3) is 0 Å². The monoisotopic (exact) mass is 1870 g/mol. The van der Waals surface area contributed by atoms with Crippen molar-refractivity contribution >= 4 is 135 Å². The molecule has 0 aromatic heterocycles. The minimum Gasteiger partial charge on any atom is -1.00 e. The van der Waals surface area contributed by atoms with Gasteiger partial charge in [0.05, 0.1) is 0 Å². The van der Waals surface area contributed by atoms with E-state index in [2.05, 4.69) is 184 Å². The molecular formula is C80H82BF12N8Na2O17PS4. The van der Waals surface area contributed by atoms with Crippen LogP contribution in [-0.4, -0.2) is 197 Å². The van der Waals surface area contributed by atoms with E-state index in [1.807, 2.05) is 147 Å². The molecule has 25 nitrogen and oxygen atoms in total. The van der Waals surface area contributed by atoms with E-state index < -0.39 is 120 Å². The number of sulfonamides is 2. The number of halogens is 12. The molecule has 1 aliphatic rings. The van der Waals surface area contributed by atoms with Gasteiger partial charge in [-0.25, -0.2) is 13.2 Å². The smallest absolute Gasteiger partial charge is 1.00 e. The van der Waals surface area contributed by atoms with E-state index in [0.29, 0.717) is 25.2 Å². The normalized spacial score (nSPS) is 13.0. The van der Waals surface area contributed by atoms with Crippen LogP contribution in [-0.2, 0) is 66.8 Å². The summed E-state index contributed by atoms with van der Waals surface area (Å²) in [6, 6.07) is 64.4. The predicted octanol–water partition coefficient (Wildman–Crippen LogP) is 8.53. The third-order valence-corrected chi connectivity index (χ3v) is 21.1. The zero-order valence-electron chi connectivity index (χ0n) is 68.5. The number of likely N-dealkylation sites (N-methyl/N-ethyl adjacent to an activating group) is 4. The van der Waals surface area contributed by atoms with Gasteiger partial charge in [-0.3, -0.25) is 27.8 Å². The topological polar surface area (TPSA) is 289 Å². The van der Waals surface area contributed by atoms with Crippen molar-refractivity contribution < 1.29 is 195 Å². The molecule has 662 valence electrons. The van der Waals surface area contributed by atoms with Crippen molar-refractivity contribution in [1.82, 2.24) is 17.2 Å². The molecule has 0 N–H and O–H groups in total. The van der Waals surface area contributed by atoms with Gasteiger partial charge in [0.1, 0.15) is 25.9 Å². The van der Waals surface area contributed by atoms with Crippen LogP contribution in [0.3, 0.4) is 0 Å². The number of carbonyl (C=O) groups is 5. The number of amides is 4. The number of carbonyl (C=O) groups excluding carboxylic acids is 5. The van der Waals surface area contributed by atoms with E-state index in [4.69, 9.17) is 4.52 Å². The molecule has 1 atom stereocenters. The van der Waals surface area contributed by atoms with Gasteiger partial charge in [-0.05, 0) is 128 Å². The molecule has 4 amide bonds. The minimum atomic E-state index is -6.12. The van der Waals surface area contributed by atoms with Crippen LogP contribution in [0.2, 0.25) is 0 Å². The average Bonchev–Trinajstić information content (AvgIpc) is 0.799. The number of benzene rings is 7. The van der Waals surface area contributed by atoms with Gasteiger partial charge >= 0.3 is 127 Å². The number of anilines is 3. The van der Waals surface area contributed by atoms with Crippen LogP contribution in [0.15, 0.2) is 254 Å². The Balaban J connectivity index is 0.000000858. The van der Waals surface area contributed by atoms with Gasteiger partial charge in [0, 0.05) is 99.7 Å². The minimum absolute atomic E-state index is 0. The van der Waals surface area contributed by atoms with E-state index >= 15 is 0 Å². The molecule has 0 spiro atoms. The Kier molecular flexibility index (Phi) is 46.6. The second-order valence-corrected chi connectivity index (χ2v) is 32.6. The molecule has 7 aromatic carbocycles. The molecule has 1 unspecified atom stereocenters. The Hall–Kier alpha value is -9.05. The third-order valence-electron chi connectivity index (χ3n) is 16.1. The van der Waals surface area contributed by atoms with Crippen LogP contribution in [0, 0.1) is 0 Å². The summed E-state index contributed by atoms with van der Waals surface area (Å²) in [6.45, 7) is 0. The number of carboxylic acid groups (broad SMARTS) is 1. The van der Waals surface area contributed by atoms with Gasteiger partial charge in [0.2, 0.25) is 0 Å². The first-order valence-electron chi connectivity index (χ1n) is 34.5. The summed E-state index contributed by atoms with van der Waals surface area (Å²) in [5, 5.41) is 11.5. The second-order valence-electron chi connectivity index (χ2n) is 25.5. The van der Waals surface area contributed by atoms with E-state index in [9.17, 15) is 108 Å². The molecule has 8 rings (SSSR count). The maximum atomic E-state index is 12.6. The van der Waals surface area contributed by atoms with Crippen LogP contribution in [0.5, 0.6) is 0 Å². The van der Waals surface area contributed by atoms with Gasteiger partial charge in [-0.15, -0.1) is 44.8 Å². The van der Waals surface area contributed by atoms with Gasteiger partial charge < -0.3 is 47.0 Å². The number of hydrogen-bond acceptors (Lipinski definition) is 22. The summed E-state index contributed by atoms with van der Waals surface area (Å²) in [7, 11) is -0.0472. The molecule has 0 aliphatic heterocycles. The van der Waals surface area contributed by atoms with Crippen molar-refractivity contribution in [3.63, 3.8) is 0 Å². The fourth-order valence-corrected chi connectivity index (χ4v) is 12.3. The molecule has 125 heavy (non-hydrogen) atoms. The van der Waals surface area contributed by atoms with Crippen molar-refractivity contribution in [2.45, 2.75) is 37.3 Å². The Bertz CT molecular complexity index is 5060. The Morgan fingerprint density at radius 1 is 0.440 bits per heavy atom. The average molecular weight is 1870 g/mol. The Morgan fingerprint density at radius 2 is 0.720 bits per heavy atom. The van der Waals surface area contributed by atoms with Crippen LogP contribution in [0.4, 0.5) is 74.5 Å². The Morgan fingerprint density at radius 3 is 0.992 bits per heavy atom. The first-order valence-corrected chi connectivity index (χ1v) is 40.3. The summed E-state index contributed by atoms with van der Waals surface area (Å²) in [4.78, 5) is 80.8. The van der Waals surface area contributed by atoms with E-state index in [-0.39, 0.29) is 97.7 Å². The van der Waals surface area contributed by atoms with Crippen LogP contribution in [0.1, 0.15) is 46.4 Å². The van der Waals surface area contributed by atoms with Crippen LogP contribution < -0.4 is 83.8 Å². The Labute approximate surface area is 770 Å². The number of rotatable bonds is 25. The third kappa shape index (κ3) is 35.3. The number of alkyl halides is 12. The van der Waals surface area contributed by atoms with Crippen molar-refractivity contribution in [3.8, 4) is 0 Å². The predicted molar refractivity (Wildman–Crippen MR) is 444 cm³/mol. The van der Waals surface area contributed by atoms with Gasteiger partial charge in [-0.1, -0.05) is 183 Å². The summed E-state index contributed by atoms with van der Waals surface area (Å²) < 4.78 is 211. The standard InChI is InChI=1S/C34H35N2O5P.C33H33N2.2C6H6F6N2O6S2.CH4.B.2Na/c1-35(2)29-19-15-27(16-20-29)32(25-11-7-5-8-12-25)23-31(41-42(39,40)34(37)38)24-33(26-13-9-6-10-14-26)28-17-21-30(22-18-28)36(3)4;1-34(2)30-22-18-28(19-23-30)32(26-12-7-5-8-13-26)16-11-17-33(27-14-9-6-10-15-27)29-20-24-31(25-21-29)35(3)4;2*1-13(21-20-19-5(7,8)9)3(15)4(16)14(2)22(17,18)6(10,11)12;;;;/h5-24,31H,1-4H3,(H,37,38)(H,39,40);5-25H,1-4H3;2*1-2H3;1H4;;;/q;+1;;;;-1;2*+1/p-2/b32-23-,33-24-;;;;;;;. The maximum absolute atomic E-state index is 12.6. The number of allylic oxidation sites excluding steroid dienone is 9. The molecule has 45 heteroatoms. The first kappa shape index (κ1) is 114. The molecule has 0 fully saturated rings. The number of nitrogens with zero attached hydrogens (tertiary/aromatic N) is 8. The summed E-state index contributed by atoms with van der Waals surface area (Å²) in [5.74, 6) is -8.18. The summed E-state index contributed by atoms with van der Waals surface area (Å²) >= 11 is -1.01. The van der Waals surface area contributed by atoms with E-state index in [1.54, 1.807) is 12.2 Å². The van der Waals surface area contributed by atoms with Crippen molar-refractivity contribution in [2.24, 2.45) is 0 Å². The van der Waals surface area contributed by atoms with Gasteiger partial charge in [0.15, 0.2) is 37.8 Å². The second kappa shape index (κ2) is 51.1. The summed E-state index contributed by atoms with van der Waals surface area (Å²) in [6.07, 6.45) is 6.85. The zero-order valence-corrected chi connectivity index (χ0v) is 76.6. The first-order chi connectivity index (χ1) is 56.3. The van der Waals surface area contributed by atoms with Crippen LogP contribution >= 0.6 is 32.1 Å². The SMILES string of the molecule is C.CN(C)c1ccc(/C(=C\C(/C=C(/c2ccccc2)c2ccc(N(C)C)cc2)OP(=O)([O-])C(=O)[O-])c2ccccc2)cc1.CN(C)c1ccc(/C(=C\C=CC(=C2C=CC(=[N+](C)C)C=C2)c2ccccc2)c2ccccc2)cc1.CN(SOOC(F)(F)F)C(=O)C(=O)N(C)S(=O)(=O)C(F)(F)F.CN(SOOC(F)(F)F)C(=O)C(=O)N(C)S(=O)(=O)C(F)(F)F.[B-].[Na+].[Na+]. The maximum Gasteiger partial charge on any atom is 1.00 e. The molecule has 1 aliphatic carbocycles. The fraction of sp³-hybridized carbons (Fsp3) is 0.225. The fourth-order valence-electron chi connectivity index (χ4n) is 9.88. The molecule has 7 aromatic rings. The zero-order chi connectivity index (χ0) is 90.8. The summed E-state index contributed by atoms with van der Waals surface area (Å²) in [5.41, 5.74) is 2.17. The van der Waals surface area contributed by atoms with E-state index in [0.717, 1.165) is 33.6 Å². The molecule has 0 saturated heterocycles. The van der Waals surface area contributed by atoms with Crippen molar-refractivity contribution in [1.29, 1.82) is 0 Å². The van der Waals surface area contributed by atoms with Crippen molar-refractivity contribution in [2.75, 3.05) is 99.3 Å². The molecule has 0 heterocycles. The molecule has 0 saturated carbocycles. The van der Waals surface area contributed by atoms with E-state index in [1.165, 1.54) is 44.8 Å². The van der Waals surface area contributed by atoms with Gasteiger partial charge in [-0.2, -0.15) is 43.2 Å². The molecule has 0 bridgehead atoms. The van der Waals surface area contributed by atoms with Crippen molar-refractivity contribution in [3.05, 3.63) is 293 Å². The van der Waals surface area contributed by atoms with Crippen LogP contribution in [0.25, 0.3) is 22.3 Å². The molecule has 4 radical (unpaired) electrons. The number of hydrogen-bond donors (Lipinski definition) is 0. The quantitative estimate of drug-likeness (QED) is 0.00495. The largest absolute Gasteiger partial charge is 1.00 e. The molecular weight excluding hydrogens is 1790 g/mol.